The summed E-state index contributed by atoms with van der Waals surface area (Å²) < 4.78 is 2.21. The number of nitrogens with one attached hydrogen (secondary N) is 1. The van der Waals surface area contributed by atoms with Gasteiger partial charge >= 0.3 is 17.3 Å². The maximum absolute atomic E-state index is 13.2. The number of carboxylic acids is 1. The summed E-state index contributed by atoms with van der Waals surface area (Å²) in [5.74, 6) is -1.10. The molecular formula is C23H21N5O4S. The number of benzene rings is 2. The monoisotopic (exact) mass is 463 g/mol. The zero-order chi connectivity index (χ0) is 23.4. The lowest BCUT2D eigenvalue weighted by Crippen LogP contribution is -2.50. The van der Waals surface area contributed by atoms with Crippen LogP contribution < -0.4 is 17.0 Å². The maximum Gasteiger partial charge on any atom is 0.335 e. The summed E-state index contributed by atoms with van der Waals surface area (Å²) in [6, 6.07) is 17.2. The number of carbonyl (C=O) groups is 1. The zero-order valence-corrected chi connectivity index (χ0v) is 18.6. The molecule has 0 unspecified atom stereocenters. The average molecular weight is 464 g/mol. The van der Waals surface area contributed by atoms with E-state index in [2.05, 4.69) is 15.0 Å². The molecule has 0 atom stereocenters. The molecule has 0 saturated heterocycles. The predicted molar refractivity (Wildman–Crippen MR) is 125 cm³/mol. The van der Waals surface area contributed by atoms with Crippen molar-refractivity contribution in [2.24, 2.45) is 4.99 Å². The van der Waals surface area contributed by atoms with Gasteiger partial charge in [0.2, 0.25) is 5.62 Å². The van der Waals surface area contributed by atoms with Gasteiger partial charge in [-0.1, -0.05) is 71.5 Å². The summed E-state index contributed by atoms with van der Waals surface area (Å²) in [4.78, 5) is 48.2. The number of carboxylic acid groups (broad SMARTS) is 1. The first-order chi connectivity index (χ1) is 15.9. The van der Waals surface area contributed by atoms with Gasteiger partial charge in [-0.2, -0.15) is 0 Å². The second-order valence-electron chi connectivity index (χ2n) is 7.38. The molecule has 0 radical (unpaired) electrons. The lowest BCUT2D eigenvalue weighted by atomic mass is 10.1. The highest BCUT2D eigenvalue weighted by atomic mass is 32.1. The molecule has 2 N–H and O–H groups in total. The molecule has 2 aromatic carbocycles. The molecular weight excluding hydrogens is 442 g/mol. The largest absolute Gasteiger partial charge is 0.481 e. The molecule has 2 aromatic heterocycles. The van der Waals surface area contributed by atoms with Gasteiger partial charge in [0.05, 0.1) is 19.2 Å². The minimum Gasteiger partial charge on any atom is -0.481 e. The van der Waals surface area contributed by atoms with E-state index >= 15 is 0 Å². The number of aryl methyl sites for hydroxylation is 1. The Morgan fingerprint density at radius 2 is 1.82 bits per heavy atom. The SMILES string of the molecule is Cc1ccc(Cn2c(=O)n(CCC(=O)O)c(=O)[nH]/c2=N\c2cnc(-c3ccccc3)s2)cc1. The number of aromatic nitrogens is 4. The van der Waals surface area contributed by atoms with Gasteiger partial charge in [0.25, 0.3) is 0 Å². The minimum atomic E-state index is -1.10. The number of aliphatic carboxylic acids is 1. The lowest BCUT2D eigenvalue weighted by molar-refractivity contribution is -0.137. The van der Waals surface area contributed by atoms with Crippen molar-refractivity contribution in [3.63, 3.8) is 0 Å². The number of hydrogen-bond acceptors (Lipinski definition) is 6. The fourth-order valence-corrected chi connectivity index (χ4v) is 4.00. The molecule has 2 heterocycles. The molecule has 0 bridgehead atoms. The van der Waals surface area contributed by atoms with Crippen LogP contribution >= 0.6 is 11.3 Å². The molecule has 0 aliphatic rings. The van der Waals surface area contributed by atoms with Crippen LogP contribution in [0.15, 0.2) is 75.4 Å². The van der Waals surface area contributed by atoms with Crippen molar-refractivity contribution >= 4 is 22.3 Å². The fraction of sp³-hybridized carbons (Fsp3) is 0.174. The molecule has 9 nitrogen and oxygen atoms in total. The highest BCUT2D eigenvalue weighted by Gasteiger charge is 2.12. The summed E-state index contributed by atoms with van der Waals surface area (Å²) >= 11 is 1.33. The third-order valence-electron chi connectivity index (χ3n) is 4.92. The van der Waals surface area contributed by atoms with Gasteiger partial charge in [0.15, 0.2) is 0 Å². The van der Waals surface area contributed by atoms with Crippen LogP contribution in [0.1, 0.15) is 17.5 Å². The van der Waals surface area contributed by atoms with E-state index in [1.54, 1.807) is 6.20 Å². The van der Waals surface area contributed by atoms with Gasteiger partial charge in [0, 0.05) is 12.1 Å². The highest BCUT2D eigenvalue weighted by Crippen LogP contribution is 2.29. The first-order valence-corrected chi connectivity index (χ1v) is 11.0. The van der Waals surface area contributed by atoms with Crippen molar-refractivity contribution in [3.05, 3.63) is 98.5 Å². The minimum absolute atomic E-state index is 0.0698. The Bertz CT molecular complexity index is 1460. The van der Waals surface area contributed by atoms with E-state index in [4.69, 9.17) is 5.11 Å². The van der Waals surface area contributed by atoms with Gasteiger partial charge < -0.3 is 5.11 Å². The van der Waals surface area contributed by atoms with Gasteiger partial charge in [-0.25, -0.2) is 24.1 Å². The average Bonchev–Trinajstić information content (AvgIpc) is 3.26. The first-order valence-electron chi connectivity index (χ1n) is 10.2. The Morgan fingerprint density at radius 3 is 2.52 bits per heavy atom. The van der Waals surface area contributed by atoms with E-state index in [9.17, 15) is 14.4 Å². The van der Waals surface area contributed by atoms with Gasteiger partial charge in [-0.3, -0.25) is 14.3 Å². The van der Waals surface area contributed by atoms with E-state index < -0.39 is 17.3 Å². The van der Waals surface area contributed by atoms with Crippen LogP contribution in [0.4, 0.5) is 5.00 Å². The number of rotatable bonds is 7. The summed E-state index contributed by atoms with van der Waals surface area (Å²) in [6.07, 6.45) is 1.23. The quantitative estimate of drug-likeness (QED) is 0.436. The number of thiazole rings is 1. The van der Waals surface area contributed by atoms with E-state index in [0.29, 0.717) is 5.00 Å². The first kappa shape index (κ1) is 22.2. The van der Waals surface area contributed by atoms with Crippen LogP contribution in [0.5, 0.6) is 0 Å². The van der Waals surface area contributed by atoms with E-state index in [1.807, 2.05) is 61.5 Å². The van der Waals surface area contributed by atoms with E-state index in [1.165, 1.54) is 15.9 Å². The third-order valence-corrected chi connectivity index (χ3v) is 5.86. The number of nitrogens with zero attached hydrogens (tertiary/aromatic N) is 4. The molecule has 0 saturated carbocycles. The van der Waals surface area contributed by atoms with E-state index in [0.717, 1.165) is 26.3 Å². The van der Waals surface area contributed by atoms with Crippen molar-refractivity contribution in [2.45, 2.75) is 26.4 Å². The van der Waals surface area contributed by atoms with Crippen LogP contribution in [0, 0.1) is 6.92 Å². The van der Waals surface area contributed by atoms with Crippen LogP contribution in [0.25, 0.3) is 10.6 Å². The molecule has 0 aliphatic heterocycles. The third kappa shape index (κ3) is 5.24. The molecule has 4 rings (SSSR count). The molecule has 0 spiro atoms. The van der Waals surface area contributed by atoms with Crippen LogP contribution in [0.2, 0.25) is 0 Å². The zero-order valence-electron chi connectivity index (χ0n) is 17.8. The summed E-state index contributed by atoms with van der Waals surface area (Å²) in [5, 5.41) is 10.3. The van der Waals surface area contributed by atoms with Crippen LogP contribution in [-0.2, 0) is 17.9 Å². The second-order valence-corrected chi connectivity index (χ2v) is 8.39. The van der Waals surface area contributed by atoms with E-state index in [-0.39, 0.29) is 25.1 Å². The molecule has 0 amide bonds. The summed E-state index contributed by atoms with van der Waals surface area (Å²) in [5.41, 5.74) is 1.58. The standard InChI is InChI=1S/C23H21N5O4S/c1-15-7-9-16(10-8-15)14-28-21(26-22(31)27(23(28)32)12-11-19(29)30)25-18-13-24-20(33-18)17-5-3-2-4-6-17/h2-10,13H,11-12,14H2,1H3,(H,29,30)(H,25,26,31). The Kier molecular flexibility index (Phi) is 6.45. The van der Waals surface area contributed by atoms with Gasteiger partial charge in [-0.15, -0.1) is 0 Å². The number of aromatic amines is 1. The van der Waals surface area contributed by atoms with Crippen molar-refractivity contribution in [1.29, 1.82) is 0 Å². The highest BCUT2D eigenvalue weighted by molar-refractivity contribution is 7.18. The molecule has 0 fully saturated rings. The van der Waals surface area contributed by atoms with Crippen molar-refractivity contribution < 1.29 is 9.90 Å². The summed E-state index contributed by atoms with van der Waals surface area (Å²) in [6.45, 7) is 1.88. The van der Waals surface area contributed by atoms with Gasteiger partial charge in [0.1, 0.15) is 10.0 Å². The van der Waals surface area contributed by atoms with Crippen molar-refractivity contribution in [1.82, 2.24) is 19.1 Å². The molecule has 4 aromatic rings. The van der Waals surface area contributed by atoms with Crippen molar-refractivity contribution in [3.8, 4) is 10.6 Å². The van der Waals surface area contributed by atoms with Gasteiger partial charge in [-0.05, 0) is 12.5 Å². The Balaban J connectivity index is 1.81. The fourth-order valence-electron chi connectivity index (χ4n) is 3.20. The number of H-pyrrole nitrogens is 1. The molecule has 0 aliphatic carbocycles. The number of hydrogen-bond donors (Lipinski definition) is 2. The topological polar surface area (TPSA) is 122 Å². The Labute approximate surface area is 192 Å². The van der Waals surface area contributed by atoms with Crippen molar-refractivity contribution in [2.75, 3.05) is 0 Å². The molecule has 168 valence electrons. The lowest BCUT2D eigenvalue weighted by Gasteiger charge is -2.10. The van der Waals surface area contributed by atoms with Crippen LogP contribution in [-0.4, -0.2) is 30.2 Å². The second kappa shape index (κ2) is 9.61. The van der Waals surface area contributed by atoms with Crippen LogP contribution in [0.3, 0.4) is 0 Å². The Morgan fingerprint density at radius 1 is 1.09 bits per heavy atom. The predicted octanol–water partition coefficient (Wildman–Crippen LogP) is 2.53. The molecule has 10 heteroatoms. The molecule has 33 heavy (non-hydrogen) atoms. The maximum atomic E-state index is 13.2. The Hall–Kier alpha value is -4.05. The smallest absolute Gasteiger partial charge is 0.335 e. The normalized spacial score (nSPS) is 11.6. The summed E-state index contributed by atoms with van der Waals surface area (Å²) in [7, 11) is 0.